The fourth-order valence-electron chi connectivity index (χ4n) is 2.65. The summed E-state index contributed by atoms with van der Waals surface area (Å²) < 4.78 is 23.6. The van der Waals surface area contributed by atoms with Crippen LogP contribution in [0.25, 0.3) is 0 Å². The number of para-hydroxylation sites is 1. The smallest absolute Gasteiger partial charge is 0.164 e. The Hall–Kier alpha value is -1.01. The van der Waals surface area contributed by atoms with Gasteiger partial charge >= 0.3 is 0 Å². The van der Waals surface area contributed by atoms with E-state index in [2.05, 4.69) is 16.8 Å². The first-order valence-electron chi connectivity index (χ1n) is 6.36. The summed E-state index contributed by atoms with van der Waals surface area (Å²) in [6, 6.07) is 9.81. The first-order chi connectivity index (χ1) is 9.11. The third-order valence-electron chi connectivity index (χ3n) is 3.42. The average molecular weight is 296 g/mol. The highest BCUT2D eigenvalue weighted by Gasteiger charge is 2.46. The molecule has 0 aromatic heterocycles. The summed E-state index contributed by atoms with van der Waals surface area (Å²) in [7, 11) is -2.94. The van der Waals surface area contributed by atoms with E-state index >= 15 is 0 Å². The van der Waals surface area contributed by atoms with E-state index in [0.29, 0.717) is 0 Å². The standard InChI is InChI=1S/C13H16N2O2S2/c1-2-18-13-14-11-8-19(16,17)9-12(11)15(13)10-6-4-3-5-7-10/h3-7,11-12H,2,8-9H2,1H3/t11-,12+/m0/s1. The lowest BCUT2D eigenvalue weighted by molar-refractivity contribution is 0.601. The molecule has 2 aliphatic rings. The van der Waals surface area contributed by atoms with Crippen molar-refractivity contribution >= 4 is 32.5 Å². The fourth-order valence-corrected chi connectivity index (χ4v) is 5.35. The molecule has 0 unspecified atom stereocenters. The van der Waals surface area contributed by atoms with E-state index < -0.39 is 9.84 Å². The van der Waals surface area contributed by atoms with Gasteiger partial charge < -0.3 is 4.90 Å². The average Bonchev–Trinajstić information content (AvgIpc) is 2.82. The first-order valence-corrected chi connectivity index (χ1v) is 9.17. The number of amidine groups is 1. The summed E-state index contributed by atoms with van der Waals surface area (Å²) in [5, 5.41) is 0.957. The number of thioether (sulfide) groups is 1. The first kappa shape index (κ1) is 13.0. The van der Waals surface area contributed by atoms with E-state index in [-0.39, 0.29) is 23.6 Å². The summed E-state index contributed by atoms with van der Waals surface area (Å²) in [4.78, 5) is 6.72. The summed E-state index contributed by atoms with van der Waals surface area (Å²) in [6.45, 7) is 2.08. The monoisotopic (exact) mass is 296 g/mol. The van der Waals surface area contributed by atoms with Gasteiger partial charge in [0.25, 0.3) is 0 Å². The molecule has 0 aliphatic carbocycles. The number of aliphatic imine (C=N–C) groups is 1. The van der Waals surface area contributed by atoms with Gasteiger partial charge in [-0.2, -0.15) is 0 Å². The van der Waals surface area contributed by atoms with Crippen molar-refractivity contribution in [2.45, 2.75) is 19.0 Å². The molecule has 1 saturated heterocycles. The Labute approximate surface area is 117 Å². The molecule has 0 saturated carbocycles. The van der Waals surface area contributed by atoms with Crippen molar-refractivity contribution < 1.29 is 8.42 Å². The second-order valence-electron chi connectivity index (χ2n) is 4.76. The normalized spacial score (nSPS) is 28.3. The highest BCUT2D eigenvalue weighted by molar-refractivity contribution is 8.14. The lowest BCUT2D eigenvalue weighted by atomic mass is 10.1. The van der Waals surface area contributed by atoms with Crippen LogP contribution < -0.4 is 4.90 Å². The molecule has 2 aliphatic heterocycles. The third-order valence-corrected chi connectivity index (χ3v) is 5.96. The Balaban J connectivity index is 1.98. The molecule has 0 amide bonds. The minimum absolute atomic E-state index is 0.0264. The lowest BCUT2D eigenvalue weighted by Gasteiger charge is -2.26. The van der Waals surface area contributed by atoms with Crippen LogP contribution in [0.3, 0.4) is 0 Å². The van der Waals surface area contributed by atoms with E-state index in [1.165, 1.54) is 0 Å². The number of hydrogen-bond acceptors (Lipinski definition) is 5. The quantitative estimate of drug-likeness (QED) is 0.835. The van der Waals surface area contributed by atoms with Gasteiger partial charge in [0.2, 0.25) is 0 Å². The van der Waals surface area contributed by atoms with Crippen LogP contribution in [-0.4, -0.2) is 42.9 Å². The maximum Gasteiger partial charge on any atom is 0.164 e. The topological polar surface area (TPSA) is 49.7 Å². The van der Waals surface area contributed by atoms with Crippen LogP contribution >= 0.6 is 11.8 Å². The van der Waals surface area contributed by atoms with E-state index in [1.807, 2.05) is 30.3 Å². The molecule has 0 spiro atoms. The molecule has 2 atom stereocenters. The van der Waals surface area contributed by atoms with Crippen LogP contribution in [0.15, 0.2) is 35.3 Å². The van der Waals surface area contributed by atoms with Gasteiger partial charge in [0.1, 0.15) is 0 Å². The van der Waals surface area contributed by atoms with Crippen molar-refractivity contribution in [1.29, 1.82) is 0 Å². The van der Waals surface area contributed by atoms with Crippen LogP contribution in [0.1, 0.15) is 6.92 Å². The summed E-state index contributed by atoms with van der Waals surface area (Å²) in [6.07, 6.45) is 0. The highest BCUT2D eigenvalue weighted by atomic mass is 32.2. The molecule has 3 rings (SSSR count). The van der Waals surface area contributed by atoms with E-state index in [9.17, 15) is 8.42 Å². The van der Waals surface area contributed by atoms with Crippen LogP contribution in [0.5, 0.6) is 0 Å². The third kappa shape index (κ3) is 2.39. The predicted octanol–water partition coefficient (Wildman–Crippen LogP) is 1.78. The Morgan fingerprint density at radius 2 is 2.05 bits per heavy atom. The van der Waals surface area contributed by atoms with Crippen LogP contribution in [0.4, 0.5) is 5.69 Å². The SMILES string of the molecule is CCSC1=N[C@H]2CS(=O)(=O)C[C@H]2N1c1ccccc1. The van der Waals surface area contributed by atoms with Crippen molar-refractivity contribution in [3.05, 3.63) is 30.3 Å². The molecule has 0 N–H and O–H groups in total. The fraction of sp³-hybridized carbons (Fsp3) is 0.462. The zero-order valence-electron chi connectivity index (χ0n) is 10.7. The maximum atomic E-state index is 11.8. The van der Waals surface area contributed by atoms with Gasteiger partial charge in [0.05, 0.1) is 23.6 Å². The molecule has 4 nitrogen and oxygen atoms in total. The molecule has 1 aromatic rings. The van der Waals surface area contributed by atoms with Crippen molar-refractivity contribution in [3.63, 3.8) is 0 Å². The molecule has 0 bridgehead atoms. The van der Waals surface area contributed by atoms with Crippen LogP contribution in [0.2, 0.25) is 0 Å². The zero-order valence-corrected chi connectivity index (χ0v) is 12.3. The van der Waals surface area contributed by atoms with Gasteiger partial charge in [-0.3, -0.25) is 4.99 Å². The van der Waals surface area contributed by atoms with Gasteiger partial charge in [-0.15, -0.1) is 0 Å². The minimum atomic E-state index is -2.94. The van der Waals surface area contributed by atoms with E-state index in [4.69, 9.17) is 0 Å². The number of benzene rings is 1. The number of hydrogen-bond donors (Lipinski definition) is 0. The van der Waals surface area contributed by atoms with E-state index in [1.54, 1.807) is 11.8 Å². The van der Waals surface area contributed by atoms with Crippen LogP contribution in [-0.2, 0) is 9.84 Å². The number of sulfone groups is 1. The van der Waals surface area contributed by atoms with Gasteiger partial charge in [-0.25, -0.2) is 8.42 Å². The minimum Gasteiger partial charge on any atom is -0.315 e. The molecule has 6 heteroatoms. The summed E-state index contributed by atoms with van der Waals surface area (Å²) >= 11 is 1.68. The highest BCUT2D eigenvalue weighted by Crippen LogP contribution is 2.34. The second kappa shape index (κ2) is 4.83. The number of anilines is 1. The Kier molecular flexibility index (Phi) is 3.30. The number of nitrogens with zero attached hydrogens (tertiary/aromatic N) is 2. The van der Waals surface area contributed by atoms with Crippen molar-refractivity contribution in [2.75, 3.05) is 22.2 Å². The van der Waals surface area contributed by atoms with Crippen molar-refractivity contribution in [3.8, 4) is 0 Å². The number of rotatable bonds is 2. The molecular weight excluding hydrogens is 280 g/mol. The van der Waals surface area contributed by atoms with Gasteiger partial charge in [-0.05, 0) is 17.9 Å². The lowest BCUT2D eigenvalue weighted by Crippen LogP contribution is -2.39. The summed E-state index contributed by atoms with van der Waals surface area (Å²) in [5.74, 6) is 1.34. The van der Waals surface area contributed by atoms with Crippen molar-refractivity contribution in [2.24, 2.45) is 4.99 Å². The molecule has 0 radical (unpaired) electrons. The zero-order chi connectivity index (χ0) is 13.5. The molecule has 2 heterocycles. The maximum absolute atomic E-state index is 11.8. The molecular formula is C13H16N2O2S2. The van der Waals surface area contributed by atoms with E-state index in [0.717, 1.165) is 16.6 Å². The van der Waals surface area contributed by atoms with Crippen LogP contribution in [0, 0.1) is 0 Å². The van der Waals surface area contributed by atoms with Crippen molar-refractivity contribution in [1.82, 2.24) is 0 Å². The van der Waals surface area contributed by atoms with Gasteiger partial charge in [-0.1, -0.05) is 36.9 Å². The largest absolute Gasteiger partial charge is 0.315 e. The molecule has 1 fully saturated rings. The van der Waals surface area contributed by atoms with Gasteiger partial charge in [0.15, 0.2) is 15.0 Å². The number of fused-ring (bicyclic) bond motifs is 1. The predicted molar refractivity (Wildman–Crippen MR) is 80.7 cm³/mol. The molecule has 102 valence electrons. The Morgan fingerprint density at radius 3 is 2.74 bits per heavy atom. The summed E-state index contributed by atoms with van der Waals surface area (Å²) in [5.41, 5.74) is 1.03. The molecule has 1 aromatic carbocycles. The van der Waals surface area contributed by atoms with Gasteiger partial charge in [0, 0.05) is 5.69 Å². The second-order valence-corrected chi connectivity index (χ2v) is 8.15. The molecule has 19 heavy (non-hydrogen) atoms. The Morgan fingerprint density at radius 1 is 1.32 bits per heavy atom. The Bertz CT molecular complexity index is 598.